The number of carbonyl (C=O) groups excluding carboxylic acids is 1. The van der Waals surface area contributed by atoms with Crippen molar-refractivity contribution in [3.05, 3.63) is 106 Å². The predicted molar refractivity (Wildman–Crippen MR) is 153 cm³/mol. The standard InChI is InChI=1S/C33H35N3O3/c1-23(2)35-19-20-36-28(34-31(37)30(29(36)32(35)38)39-22-24-11-4-3-5-12-24)21-33(17-8-9-18-33)27-16-10-14-25-13-6-7-15-26(25)27/h3-7,10-16,23H,8-9,17-22H2,1-2H3. The van der Waals surface area contributed by atoms with Crippen molar-refractivity contribution in [2.24, 2.45) is 0 Å². The summed E-state index contributed by atoms with van der Waals surface area (Å²) < 4.78 is 8.05. The van der Waals surface area contributed by atoms with Gasteiger partial charge in [0.05, 0.1) is 0 Å². The normalized spacial score (nSPS) is 16.6. The largest absolute Gasteiger partial charge is 0.481 e. The average Bonchev–Trinajstić information content (AvgIpc) is 3.42. The molecule has 1 saturated carbocycles. The molecule has 6 nitrogen and oxygen atoms in total. The van der Waals surface area contributed by atoms with Crippen molar-refractivity contribution in [3.63, 3.8) is 0 Å². The van der Waals surface area contributed by atoms with Crippen molar-refractivity contribution in [3.8, 4) is 5.75 Å². The van der Waals surface area contributed by atoms with E-state index in [2.05, 4.69) is 47.4 Å². The Bertz CT molecular complexity index is 1560. The topological polar surface area (TPSA) is 64.4 Å². The number of rotatable bonds is 7. The second-order valence-electron chi connectivity index (χ2n) is 11.2. The Morgan fingerprint density at radius 2 is 1.62 bits per heavy atom. The Morgan fingerprint density at radius 3 is 2.38 bits per heavy atom. The zero-order valence-corrected chi connectivity index (χ0v) is 22.7. The van der Waals surface area contributed by atoms with Crippen LogP contribution in [0.25, 0.3) is 10.8 Å². The molecule has 200 valence electrons. The maximum Gasteiger partial charge on any atom is 0.316 e. The first-order valence-corrected chi connectivity index (χ1v) is 14.1. The zero-order chi connectivity index (χ0) is 27.0. The van der Waals surface area contributed by atoms with E-state index in [0.29, 0.717) is 31.0 Å². The third kappa shape index (κ3) is 4.62. The van der Waals surface area contributed by atoms with Crippen LogP contribution in [-0.4, -0.2) is 32.9 Å². The van der Waals surface area contributed by atoms with Gasteiger partial charge in [-0.05, 0) is 48.6 Å². The fourth-order valence-corrected chi connectivity index (χ4v) is 6.55. The number of fused-ring (bicyclic) bond motifs is 2. The Balaban J connectivity index is 1.46. The summed E-state index contributed by atoms with van der Waals surface area (Å²) in [6.45, 7) is 5.40. The number of amides is 1. The molecule has 1 amide bonds. The number of nitrogens with zero attached hydrogens (tertiary/aromatic N) is 3. The molecule has 1 aliphatic carbocycles. The minimum atomic E-state index is -0.461. The fourth-order valence-electron chi connectivity index (χ4n) is 6.55. The highest BCUT2D eigenvalue weighted by Gasteiger charge is 2.40. The number of carbonyl (C=O) groups is 1. The molecule has 0 spiro atoms. The number of benzene rings is 3. The number of hydrogen-bond acceptors (Lipinski definition) is 4. The van der Waals surface area contributed by atoms with Crippen LogP contribution in [0.5, 0.6) is 5.75 Å². The molecular formula is C33H35N3O3. The summed E-state index contributed by atoms with van der Waals surface area (Å²) in [7, 11) is 0. The predicted octanol–water partition coefficient (Wildman–Crippen LogP) is 5.89. The van der Waals surface area contributed by atoms with E-state index < -0.39 is 5.56 Å². The molecule has 2 aliphatic rings. The van der Waals surface area contributed by atoms with E-state index >= 15 is 0 Å². The summed E-state index contributed by atoms with van der Waals surface area (Å²) in [4.78, 5) is 33.8. The lowest BCUT2D eigenvalue weighted by atomic mass is 9.74. The number of aromatic nitrogens is 2. The lowest BCUT2D eigenvalue weighted by Crippen LogP contribution is -2.47. The Morgan fingerprint density at radius 1 is 0.897 bits per heavy atom. The molecule has 4 aromatic rings. The quantitative estimate of drug-likeness (QED) is 0.304. The van der Waals surface area contributed by atoms with E-state index in [1.54, 1.807) is 0 Å². The third-order valence-corrected chi connectivity index (χ3v) is 8.52. The first kappa shape index (κ1) is 25.4. The minimum Gasteiger partial charge on any atom is -0.481 e. The van der Waals surface area contributed by atoms with Gasteiger partial charge in [-0.15, -0.1) is 0 Å². The van der Waals surface area contributed by atoms with Gasteiger partial charge in [0.25, 0.3) is 5.91 Å². The second kappa shape index (κ2) is 10.3. The van der Waals surface area contributed by atoms with E-state index in [1.807, 2.05) is 53.6 Å². The van der Waals surface area contributed by atoms with Crippen LogP contribution < -0.4 is 10.3 Å². The highest BCUT2D eigenvalue weighted by atomic mass is 16.5. The van der Waals surface area contributed by atoms with Crippen LogP contribution in [0.2, 0.25) is 0 Å². The van der Waals surface area contributed by atoms with Crippen molar-refractivity contribution in [1.82, 2.24) is 14.5 Å². The van der Waals surface area contributed by atoms with Crippen LogP contribution in [0, 0.1) is 0 Å². The maximum atomic E-state index is 13.8. The van der Waals surface area contributed by atoms with Gasteiger partial charge in [0.2, 0.25) is 5.75 Å². The molecule has 0 N–H and O–H groups in total. The molecule has 0 unspecified atom stereocenters. The smallest absolute Gasteiger partial charge is 0.316 e. The van der Waals surface area contributed by atoms with Crippen LogP contribution in [-0.2, 0) is 25.0 Å². The molecular weight excluding hydrogens is 486 g/mol. The van der Waals surface area contributed by atoms with Gasteiger partial charge in [-0.25, -0.2) is 0 Å². The summed E-state index contributed by atoms with van der Waals surface area (Å²) >= 11 is 0. The van der Waals surface area contributed by atoms with E-state index in [4.69, 9.17) is 4.74 Å². The van der Waals surface area contributed by atoms with Crippen LogP contribution in [0.1, 0.15) is 67.0 Å². The number of hydrogen-bond donors (Lipinski definition) is 0. The van der Waals surface area contributed by atoms with Crippen LogP contribution in [0.3, 0.4) is 0 Å². The molecule has 3 aromatic carbocycles. The Labute approximate surface area is 229 Å². The highest BCUT2D eigenvalue weighted by molar-refractivity contribution is 5.96. The molecule has 6 rings (SSSR count). The SMILES string of the molecule is CC(C)N1CCn2c(CC3(c4cccc5ccccc45)CCCC3)nc(=O)c(OCc3ccccc3)c2C1=O. The first-order valence-electron chi connectivity index (χ1n) is 14.1. The van der Waals surface area contributed by atoms with E-state index in [1.165, 1.54) is 16.3 Å². The van der Waals surface area contributed by atoms with Gasteiger partial charge in [-0.1, -0.05) is 85.6 Å². The molecule has 0 radical (unpaired) electrons. The molecule has 0 bridgehead atoms. The molecule has 6 heteroatoms. The van der Waals surface area contributed by atoms with Crippen molar-refractivity contribution in [2.75, 3.05) is 6.54 Å². The van der Waals surface area contributed by atoms with Crippen molar-refractivity contribution >= 4 is 16.7 Å². The van der Waals surface area contributed by atoms with Gasteiger partial charge in [0.15, 0.2) is 5.69 Å². The molecule has 2 heterocycles. The fraction of sp³-hybridized carbons (Fsp3) is 0.364. The van der Waals surface area contributed by atoms with Gasteiger partial charge >= 0.3 is 5.56 Å². The Kier molecular flexibility index (Phi) is 6.71. The van der Waals surface area contributed by atoms with Crippen LogP contribution in [0.15, 0.2) is 77.6 Å². The third-order valence-electron chi connectivity index (χ3n) is 8.52. The van der Waals surface area contributed by atoms with E-state index in [0.717, 1.165) is 31.2 Å². The van der Waals surface area contributed by atoms with E-state index in [-0.39, 0.29) is 29.7 Å². The van der Waals surface area contributed by atoms with Crippen molar-refractivity contribution < 1.29 is 9.53 Å². The molecule has 39 heavy (non-hydrogen) atoms. The molecule has 0 atom stereocenters. The lowest BCUT2D eigenvalue weighted by molar-refractivity contribution is 0.0633. The van der Waals surface area contributed by atoms with E-state index in [9.17, 15) is 9.59 Å². The van der Waals surface area contributed by atoms with Crippen molar-refractivity contribution in [2.45, 2.75) is 70.6 Å². The van der Waals surface area contributed by atoms with Crippen LogP contribution in [0.4, 0.5) is 0 Å². The van der Waals surface area contributed by atoms with Gasteiger partial charge in [-0.2, -0.15) is 4.98 Å². The zero-order valence-electron chi connectivity index (χ0n) is 22.7. The maximum absolute atomic E-state index is 13.8. The van der Waals surface area contributed by atoms with Gasteiger partial charge in [0.1, 0.15) is 12.4 Å². The summed E-state index contributed by atoms with van der Waals surface area (Å²) in [6.07, 6.45) is 4.96. The monoisotopic (exact) mass is 521 g/mol. The summed E-state index contributed by atoms with van der Waals surface area (Å²) in [6, 6.07) is 24.8. The summed E-state index contributed by atoms with van der Waals surface area (Å²) in [5.74, 6) is 0.586. The van der Waals surface area contributed by atoms with Crippen LogP contribution >= 0.6 is 0 Å². The molecule has 0 saturated heterocycles. The first-order chi connectivity index (χ1) is 19.0. The molecule has 1 aromatic heterocycles. The summed E-state index contributed by atoms with van der Waals surface area (Å²) in [5, 5.41) is 2.48. The highest BCUT2D eigenvalue weighted by Crippen LogP contribution is 2.46. The average molecular weight is 522 g/mol. The molecule has 1 aliphatic heterocycles. The van der Waals surface area contributed by atoms with Gasteiger partial charge in [0, 0.05) is 31.0 Å². The summed E-state index contributed by atoms with van der Waals surface area (Å²) in [5.41, 5.74) is 2.00. The van der Waals surface area contributed by atoms with Gasteiger partial charge in [-0.3, -0.25) is 9.59 Å². The second-order valence-corrected chi connectivity index (χ2v) is 11.2. The Hall–Kier alpha value is -3.93. The number of ether oxygens (including phenoxy) is 1. The lowest BCUT2D eigenvalue weighted by Gasteiger charge is -2.36. The van der Waals surface area contributed by atoms with Gasteiger partial charge < -0.3 is 14.2 Å². The molecule has 1 fully saturated rings. The van der Waals surface area contributed by atoms with Crippen molar-refractivity contribution in [1.29, 1.82) is 0 Å². The minimum absolute atomic E-state index is 0.0248.